The number of hydrogen-bond acceptors (Lipinski definition) is 3. The van der Waals surface area contributed by atoms with Crippen molar-refractivity contribution in [2.75, 3.05) is 11.9 Å². The molecule has 2 N–H and O–H groups in total. The number of aromatic amines is 1. The number of nitrogens with one attached hydrogen (secondary N) is 1. The quantitative estimate of drug-likeness (QED) is 0.446. The number of carbonyl (C=O) groups excluding carboxylic acids is 1. The van der Waals surface area contributed by atoms with E-state index in [9.17, 15) is 9.90 Å². The van der Waals surface area contributed by atoms with Crippen LogP contribution in [0.25, 0.3) is 21.8 Å². The molecule has 1 amide bonds. The van der Waals surface area contributed by atoms with Crippen molar-refractivity contribution in [1.29, 1.82) is 0 Å². The number of H-pyrrole nitrogens is 1. The fraction of sp³-hybridized carbons (Fsp3) is 0.0769. The van der Waals surface area contributed by atoms with Gasteiger partial charge in [-0.15, -0.1) is 0 Å². The van der Waals surface area contributed by atoms with Crippen molar-refractivity contribution < 1.29 is 9.90 Å². The number of phenolic OH excluding ortho intramolecular Hbond substituents is 1. The highest BCUT2D eigenvalue weighted by molar-refractivity contribution is 6.13. The van der Waals surface area contributed by atoms with Gasteiger partial charge in [0.25, 0.3) is 0 Å². The highest BCUT2D eigenvalue weighted by atomic mass is 16.3. The lowest BCUT2D eigenvalue weighted by Gasteiger charge is -2.28. The maximum atomic E-state index is 14.0. The zero-order valence-corrected chi connectivity index (χ0v) is 16.8. The fourth-order valence-electron chi connectivity index (χ4n) is 4.84. The number of hydrogen-bond donors (Lipinski definition) is 2. The molecule has 0 bridgehead atoms. The van der Waals surface area contributed by atoms with E-state index in [0.717, 1.165) is 33.1 Å². The summed E-state index contributed by atoms with van der Waals surface area (Å²) in [4.78, 5) is 23.9. The van der Waals surface area contributed by atoms with Crippen LogP contribution in [0.4, 0.5) is 5.69 Å². The molecule has 1 aliphatic heterocycles. The topological polar surface area (TPSA) is 69.2 Å². The Hall–Kier alpha value is -4.12. The minimum atomic E-state index is -1.28. The summed E-state index contributed by atoms with van der Waals surface area (Å²) in [6.45, 7) is 0. The van der Waals surface area contributed by atoms with Crippen LogP contribution in [-0.2, 0) is 10.2 Å². The van der Waals surface area contributed by atoms with E-state index in [2.05, 4.69) is 4.98 Å². The molecule has 1 atom stereocenters. The van der Waals surface area contributed by atoms with Crippen molar-refractivity contribution in [3.05, 3.63) is 102 Å². The summed E-state index contributed by atoms with van der Waals surface area (Å²) < 4.78 is 0. The number of phenols is 1. The van der Waals surface area contributed by atoms with Crippen molar-refractivity contribution in [3.63, 3.8) is 0 Å². The Morgan fingerprint density at radius 1 is 0.871 bits per heavy atom. The Kier molecular flexibility index (Phi) is 3.54. The third-order valence-electron chi connectivity index (χ3n) is 6.31. The standard InChI is InChI=1S/C26H19N3O2/c1-29-22-13-7-4-10-18(22)26(25(29)31,24-27-20-11-5-6-12-21(20)28-24)19-14-16-8-2-3-9-17(16)15-23(19)30/h2-15,30H,1H3,(H,27,28). The molecule has 4 aromatic carbocycles. The molecule has 0 saturated carbocycles. The van der Waals surface area contributed by atoms with Crippen molar-refractivity contribution in [3.8, 4) is 5.75 Å². The first-order chi connectivity index (χ1) is 15.1. The molecule has 150 valence electrons. The second-order valence-electron chi connectivity index (χ2n) is 7.95. The maximum Gasteiger partial charge on any atom is 0.249 e. The van der Waals surface area contributed by atoms with E-state index < -0.39 is 5.41 Å². The van der Waals surface area contributed by atoms with Gasteiger partial charge in [0.1, 0.15) is 11.6 Å². The van der Waals surface area contributed by atoms with Crippen LogP contribution in [0.15, 0.2) is 84.9 Å². The molecule has 0 radical (unpaired) electrons. The number of nitrogens with zero attached hydrogens (tertiary/aromatic N) is 2. The predicted octanol–water partition coefficient (Wildman–Crippen LogP) is 4.73. The van der Waals surface area contributed by atoms with Gasteiger partial charge in [0, 0.05) is 23.9 Å². The first-order valence-corrected chi connectivity index (χ1v) is 10.2. The molecular weight excluding hydrogens is 386 g/mol. The van der Waals surface area contributed by atoms with Gasteiger partial charge in [-0.05, 0) is 41.1 Å². The van der Waals surface area contributed by atoms with Crippen molar-refractivity contribution >= 4 is 33.4 Å². The van der Waals surface area contributed by atoms with Gasteiger partial charge in [-0.1, -0.05) is 54.6 Å². The number of para-hydroxylation sites is 3. The number of rotatable bonds is 2. The number of likely N-dealkylation sites (N-methyl/N-ethyl adjacent to an activating group) is 1. The number of amides is 1. The molecule has 2 heterocycles. The summed E-state index contributed by atoms with van der Waals surface area (Å²) in [5, 5.41) is 13.0. The minimum Gasteiger partial charge on any atom is -0.508 e. The van der Waals surface area contributed by atoms with Crippen molar-refractivity contribution in [2.45, 2.75) is 5.41 Å². The highest BCUT2D eigenvalue weighted by Crippen LogP contribution is 2.52. The molecular formula is C26H19N3O2. The van der Waals surface area contributed by atoms with Gasteiger partial charge < -0.3 is 15.0 Å². The highest BCUT2D eigenvalue weighted by Gasteiger charge is 2.55. The summed E-state index contributed by atoms with van der Waals surface area (Å²) in [6.07, 6.45) is 0. The van der Waals surface area contributed by atoms with E-state index in [1.165, 1.54) is 0 Å². The Morgan fingerprint density at radius 3 is 2.35 bits per heavy atom. The summed E-state index contributed by atoms with van der Waals surface area (Å²) in [5.74, 6) is 0.414. The van der Waals surface area contributed by atoms with Crippen LogP contribution in [-0.4, -0.2) is 28.0 Å². The van der Waals surface area contributed by atoms with Gasteiger partial charge in [-0.3, -0.25) is 4.79 Å². The average molecular weight is 405 g/mol. The fourth-order valence-corrected chi connectivity index (χ4v) is 4.84. The normalized spacial score (nSPS) is 18.1. The second kappa shape index (κ2) is 6.19. The molecule has 1 unspecified atom stereocenters. The Labute approximate surface area is 178 Å². The molecule has 5 nitrogen and oxygen atoms in total. The van der Waals surface area contributed by atoms with Gasteiger partial charge in [-0.2, -0.15) is 0 Å². The smallest absolute Gasteiger partial charge is 0.249 e. The lowest BCUT2D eigenvalue weighted by molar-refractivity contribution is -0.120. The molecule has 0 spiro atoms. The zero-order valence-electron chi connectivity index (χ0n) is 16.8. The van der Waals surface area contributed by atoms with E-state index in [4.69, 9.17) is 4.98 Å². The van der Waals surface area contributed by atoms with Crippen molar-refractivity contribution in [1.82, 2.24) is 9.97 Å². The van der Waals surface area contributed by atoms with Crippen LogP contribution in [0.2, 0.25) is 0 Å². The second-order valence-corrected chi connectivity index (χ2v) is 7.95. The van der Waals surface area contributed by atoms with Crippen LogP contribution in [0, 0.1) is 0 Å². The van der Waals surface area contributed by atoms with Gasteiger partial charge in [0.2, 0.25) is 5.91 Å². The number of aromatic hydroxyl groups is 1. The molecule has 0 saturated heterocycles. The third-order valence-corrected chi connectivity index (χ3v) is 6.31. The van der Waals surface area contributed by atoms with Crippen LogP contribution in [0.5, 0.6) is 5.75 Å². The van der Waals surface area contributed by atoms with Gasteiger partial charge >= 0.3 is 0 Å². The first-order valence-electron chi connectivity index (χ1n) is 10.2. The van der Waals surface area contributed by atoms with Crippen molar-refractivity contribution in [2.24, 2.45) is 0 Å². The summed E-state index contributed by atoms with van der Waals surface area (Å²) in [5.41, 5.74) is 2.46. The summed E-state index contributed by atoms with van der Waals surface area (Å²) >= 11 is 0. The van der Waals surface area contributed by atoms with Gasteiger partial charge in [0.05, 0.1) is 11.0 Å². The monoisotopic (exact) mass is 405 g/mol. The number of anilines is 1. The third kappa shape index (κ3) is 2.26. The molecule has 1 aliphatic rings. The van der Waals surface area contributed by atoms with E-state index in [-0.39, 0.29) is 11.7 Å². The summed E-state index contributed by atoms with van der Waals surface area (Å²) in [7, 11) is 1.77. The Bertz CT molecular complexity index is 1470. The first kappa shape index (κ1) is 17.7. The van der Waals surface area contributed by atoms with E-state index in [1.807, 2.05) is 78.9 Å². The number of fused-ring (bicyclic) bond motifs is 3. The molecule has 31 heavy (non-hydrogen) atoms. The molecule has 0 fully saturated rings. The minimum absolute atomic E-state index is 0.0672. The van der Waals surface area contributed by atoms with E-state index in [0.29, 0.717) is 11.4 Å². The van der Waals surface area contributed by atoms with Crippen LogP contribution >= 0.6 is 0 Å². The SMILES string of the molecule is CN1C(=O)C(c2nc3ccccc3[nH]2)(c2cc3ccccc3cc2O)c2ccccc21. The molecule has 5 aromatic rings. The molecule has 5 heteroatoms. The lowest BCUT2D eigenvalue weighted by atomic mass is 9.73. The average Bonchev–Trinajstić information content (AvgIpc) is 3.32. The van der Waals surface area contributed by atoms with E-state index in [1.54, 1.807) is 18.0 Å². The predicted molar refractivity (Wildman–Crippen MR) is 121 cm³/mol. The lowest BCUT2D eigenvalue weighted by Crippen LogP contribution is -2.41. The molecule has 1 aromatic heterocycles. The van der Waals surface area contributed by atoms with Crippen LogP contribution in [0.1, 0.15) is 17.0 Å². The number of aromatic nitrogens is 2. The largest absolute Gasteiger partial charge is 0.508 e. The van der Waals surface area contributed by atoms with Gasteiger partial charge in [-0.25, -0.2) is 4.98 Å². The number of imidazole rings is 1. The maximum absolute atomic E-state index is 14.0. The van der Waals surface area contributed by atoms with E-state index >= 15 is 0 Å². The Morgan fingerprint density at radius 2 is 1.55 bits per heavy atom. The Balaban J connectivity index is 1.77. The zero-order chi connectivity index (χ0) is 21.2. The van der Waals surface area contributed by atoms with Crippen LogP contribution in [0.3, 0.4) is 0 Å². The molecule has 6 rings (SSSR count). The number of carbonyl (C=O) groups is 1. The van der Waals surface area contributed by atoms with Crippen LogP contribution < -0.4 is 4.90 Å². The summed E-state index contributed by atoms with van der Waals surface area (Å²) in [6, 6.07) is 26.9. The number of benzene rings is 4. The molecule has 0 aliphatic carbocycles. The van der Waals surface area contributed by atoms with Gasteiger partial charge in [0.15, 0.2) is 5.41 Å².